The Balaban J connectivity index is 2.17. The van der Waals surface area contributed by atoms with Gasteiger partial charge in [-0.15, -0.1) is 0 Å². The van der Waals surface area contributed by atoms with Gasteiger partial charge in [0, 0.05) is 6.04 Å². The minimum atomic E-state index is -0.0844. The zero-order chi connectivity index (χ0) is 11.8. The van der Waals surface area contributed by atoms with E-state index in [9.17, 15) is 4.79 Å². The lowest BCUT2D eigenvalue weighted by molar-refractivity contribution is -0.120. The number of nitrogens with zero attached hydrogens (tertiary/aromatic N) is 1. The minimum absolute atomic E-state index is 0.0844. The van der Waals surface area contributed by atoms with Crippen LogP contribution in [-0.4, -0.2) is 25.0 Å². The second-order valence-electron chi connectivity index (χ2n) is 4.63. The Kier molecular flexibility index (Phi) is 5.87. The highest BCUT2D eigenvalue weighted by atomic mass is 16.1. The first-order valence-corrected chi connectivity index (χ1v) is 6.09. The van der Waals surface area contributed by atoms with E-state index in [0.29, 0.717) is 12.6 Å². The van der Waals surface area contributed by atoms with Crippen molar-refractivity contribution in [2.45, 2.75) is 45.1 Å². The predicted octanol–water partition coefficient (Wildman–Crippen LogP) is 1.18. The number of hydrogen-bond donors (Lipinski definition) is 2. The fourth-order valence-electron chi connectivity index (χ4n) is 2.13. The zero-order valence-electron chi connectivity index (χ0n) is 9.96. The van der Waals surface area contributed by atoms with E-state index < -0.39 is 0 Å². The summed E-state index contributed by atoms with van der Waals surface area (Å²) in [5, 5.41) is 14.1. The summed E-state index contributed by atoms with van der Waals surface area (Å²) in [5.74, 6) is 0.734. The molecule has 0 heterocycles. The maximum atomic E-state index is 11.3. The van der Waals surface area contributed by atoms with Gasteiger partial charge in [0.15, 0.2) is 0 Å². The number of rotatable bonds is 4. The van der Waals surface area contributed by atoms with Gasteiger partial charge in [-0.05, 0) is 25.2 Å². The normalized spacial score (nSPS) is 25.5. The molecule has 1 aliphatic rings. The molecule has 2 unspecified atom stereocenters. The predicted molar refractivity (Wildman–Crippen MR) is 62.7 cm³/mol. The topological polar surface area (TPSA) is 64.9 Å². The average Bonchev–Trinajstić information content (AvgIpc) is 2.48. The SMILES string of the molecule is CC1CCCC(NCC(=O)NCC#N)CC1. The van der Waals surface area contributed by atoms with Crippen LogP contribution in [0.4, 0.5) is 0 Å². The van der Waals surface area contributed by atoms with Gasteiger partial charge in [0.1, 0.15) is 6.54 Å². The number of hydrogen-bond acceptors (Lipinski definition) is 3. The fraction of sp³-hybridized carbons (Fsp3) is 0.833. The van der Waals surface area contributed by atoms with Crippen LogP contribution in [0.3, 0.4) is 0 Å². The summed E-state index contributed by atoms with van der Waals surface area (Å²) in [6.07, 6.45) is 6.12. The maximum absolute atomic E-state index is 11.3. The number of carbonyl (C=O) groups excluding carboxylic acids is 1. The minimum Gasteiger partial charge on any atom is -0.342 e. The lowest BCUT2D eigenvalue weighted by Crippen LogP contribution is -2.39. The van der Waals surface area contributed by atoms with Gasteiger partial charge < -0.3 is 10.6 Å². The molecule has 0 aromatic heterocycles. The molecule has 90 valence electrons. The molecule has 2 atom stereocenters. The second kappa shape index (κ2) is 7.24. The van der Waals surface area contributed by atoms with Gasteiger partial charge in [-0.1, -0.05) is 19.8 Å². The Hall–Kier alpha value is -1.08. The van der Waals surface area contributed by atoms with E-state index in [0.717, 1.165) is 18.8 Å². The van der Waals surface area contributed by atoms with Gasteiger partial charge >= 0.3 is 0 Å². The van der Waals surface area contributed by atoms with E-state index in [4.69, 9.17) is 5.26 Å². The van der Waals surface area contributed by atoms with Gasteiger partial charge in [0.05, 0.1) is 12.6 Å². The van der Waals surface area contributed by atoms with Gasteiger partial charge in [0.2, 0.25) is 5.91 Å². The largest absolute Gasteiger partial charge is 0.342 e. The highest BCUT2D eigenvalue weighted by molar-refractivity contribution is 5.78. The number of amides is 1. The zero-order valence-corrected chi connectivity index (χ0v) is 9.96. The lowest BCUT2D eigenvalue weighted by Gasteiger charge is -2.15. The summed E-state index contributed by atoms with van der Waals surface area (Å²) in [7, 11) is 0. The van der Waals surface area contributed by atoms with E-state index >= 15 is 0 Å². The number of carbonyl (C=O) groups is 1. The molecule has 0 aliphatic heterocycles. The summed E-state index contributed by atoms with van der Waals surface area (Å²) in [6, 6.07) is 2.36. The Morgan fingerprint density at radius 3 is 2.94 bits per heavy atom. The molecule has 4 nitrogen and oxygen atoms in total. The van der Waals surface area contributed by atoms with E-state index in [1.54, 1.807) is 0 Å². The first-order chi connectivity index (χ1) is 7.72. The molecule has 0 bridgehead atoms. The average molecular weight is 223 g/mol. The van der Waals surface area contributed by atoms with Crippen LogP contribution in [0.1, 0.15) is 39.0 Å². The van der Waals surface area contributed by atoms with Gasteiger partial charge in [-0.25, -0.2) is 0 Å². The molecule has 1 saturated carbocycles. The monoisotopic (exact) mass is 223 g/mol. The molecule has 0 spiro atoms. The van der Waals surface area contributed by atoms with Gasteiger partial charge in [-0.2, -0.15) is 5.26 Å². The van der Waals surface area contributed by atoms with Gasteiger partial charge in [0.25, 0.3) is 0 Å². The standard InChI is InChI=1S/C12H21N3O/c1-10-3-2-4-11(6-5-10)15-9-12(16)14-8-7-13/h10-11,15H,2-6,8-9H2,1H3,(H,14,16). The lowest BCUT2D eigenvalue weighted by atomic mass is 10.0. The van der Waals surface area contributed by atoms with Crippen LogP contribution in [-0.2, 0) is 4.79 Å². The third-order valence-electron chi connectivity index (χ3n) is 3.17. The Labute approximate surface area is 97.4 Å². The van der Waals surface area contributed by atoms with E-state index in [1.807, 2.05) is 6.07 Å². The highest BCUT2D eigenvalue weighted by Crippen LogP contribution is 2.22. The van der Waals surface area contributed by atoms with Crippen molar-refractivity contribution in [2.75, 3.05) is 13.1 Å². The number of nitriles is 1. The molecule has 0 aromatic carbocycles. The third kappa shape index (κ3) is 5.13. The van der Waals surface area contributed by atoms with Gasteiger partial charge in [-0.3, -0.25) is 4.79 Å². The van der Waals surface area contributed by atoms with Crippen molar-refractivity contribution in [1.82, 2.24) is 10.6 Å². The van der Waals surface area contributed by atoms with Crippen LogP contribution in [0.5, 0.6) is 0 Å². The Morgan fingerprint density at radius 2 is 2.19 bits per heavy atom. The van der Waals surface area contributed by atoms with E-state index in [1.165, 1.54) is 19.3 Å². The Morgan fingerprint density at radius 1 is 1.38 bits per heavy atom. The summed E-state index contributed by atoms with van der Waals surface area (Å²) >= 11 is 0. The third-order valence-corrected chi connectivity index (χ3v) is 3.17. The molecule has 16 heavy (non-hydrogen) atoms. The molecule has 4 heteroatoms. The van der Waals surface area contributed by atoms with E-state index in [-0.39, 0.29) is 12.5 Å². The quantitative estimate of drug-likeness (QED) is 0.555. The van der Waals surface area contributed by atoms with Crippen molar-refractivity contribution in [3.05, 3.63) is 0 Å². The summed E-state index contributed by atoms with van der Waals surface area (Å²) < 4.78 is 0. The highest BCUT2D eigenvalue weighted by Gasteiger charge is 2.16. The molecule has 1 rings (SSSR count). The van der Waals surface area contributed by atoms with Crippen LogP contribution < -0.4 is 10.6 Å². The van der Waals surface area contributed by atoms with Crippen molar-refractivity contribution in [3.8, 4) is 6.07 Å². The molecular weight excluding hydrogens is 202 g/mol. The smallest absolute Gasteiger partial charge is 0.234 e. The molecule has 1 fully saturated rings. The molecule has 1 aliphatic carbocycles. The van der Waals surface area contributed by atoms with Crippen molar-refractivity contribution in [1.29, 1.82) is 5.26 Å². The number of nitrogens with one attached hydrogen (secondary N) is 2. The first kappa shape index (κ1) is 13.0. The van der Waals surface area contributed by atoms with Crippen LogP contribution in [0.25, 0.3) is 0 Å². The second-order valence-corrected chi connectivity index (χ2v) is 4.63. The van der Waals surface area contributed by atoms with Crippen LogP contribution in [0.2, 0.25) is 0 Å². The van der Waals surface area contributed by atoms with Crippen molar-refractivity contribution in [2.24, 2.45) is 5.92 Å². The molecule has 1 amide bonds. The van der Waals surface area contributed by atoms with Crippen LogP contribution >= 0.6 is 0 Å². The van der Waals surface area contributed by atoms with Crippen molar-refractivity contribution >= 4 is 5.91 Å². The van der Waals surface area contributed by atoms with Crippen LogP contribution in [0, 0.1) is 17.2 Å². The van der Waals surface area contributed by atoms with E-state index in [2.05, 4.69) is 17.6 Å². The maximum Gasteiger partial charge on any atom is 0.234 e. The first-order valence-electron chi connectivity index (χ1n) is 6.09. The molecule has 0 radical (unpaired) electrons. The Bertz CT molecular complexity index is 259. The van der Waals surface area contributed by atoms with Crippen LogP contribution in [0.15, 0.2) is 0 Å². The molecule has 2 N–H and O–H groups in total. The fourth-order valence-corrected chi connectivity index (χ4v) is 2.13. The van der Waals surface area contributed by atoms with Crippen molar-refractivity contribution in [3.63, 3.8) is 0 Å². The molecule has 0 aromatic rings. The molecule has 0 saturated heterocycles. The molecular formula is C12H21N3O. The summed E-state index contributed by atoms with van der Waals surface area (Å²) in [6.45, 7) is 2.73. The van der Waals surface area contributed by atoms with Crippen molar-refractivity contribution < 1.29 is 4.79 Å². The summed E-state index contributed by atoms with van der Waals surface area (Å²) in [4.78, 5) is 11.3. The summed E-state index contributed by atoms with van der Waals surface area (Å²) in [5.41, 5.74) is 0.